The van der Waals surface area contributed by atoms with E-state index in [-0.39, 0.29) is 23.6 Å². The number of carbonyl (C=O) groups excluding carboxylic acids is 2. The summed E-state index contributed by atoms with van der Waals surface area (Å²) in [5, 5.41) is 12.6. The molecular formula is C26H29N3O5. The highest BCUT2D eigenvalue weighted by Crippen LogP contribution is 2.21. The third-order valence-electron chi connectivity index (χ3n) is 5.97. The van der Waals surface area contributed by atoms with E-state index in [1.807, 2.05) is 48.5 Å². The second kappa shape index (κ2) is 11.0. The van der Waals surface area contributed by atoms with Crippen LogP contribution in [-0.2, 0) is 17.8 Å². The quantitative estimate of drug-likeness (QED) is 0.532. The Kier molecular flexibility index (Phi) is 7.59. The molecule has 1 aromatic heterocycles. The van der Waals surface area contributed by atoms with Gasteiger partial charge in [0.05, 0.1) is 13.2 Å². The molecule has 3 aromatic rings. The van der Waals surface area contributed by atoms with Crippen LogP contribution >= 0.6 is 0 Å². The Balaban J connectivity index is 1.26. The van der Waals surface area contributed by atoms with Gasteiger partial charge >= 0.3 is 0 Å². The summed E-state index contributed by atoms with van der Waals surface area (Å²) in [4.78, 5) is 30.8. The van der Waals surface area contributed by atoms with Gasteiger partial charge in [0.25, 0.3) is 5.91 Å². The second-order valence-electron chi connectivity index (χ2n) is 8.38. The minimum Gasteiger partial charge on any atom is -0.497 e. The minimum absolute atomic E-state index is 0.0130. The summed E-state index contributed by atoms with van der Waals surface area (Å²) in [5.74, 6) is 0.972. The van der Waals surface area contributed by atoms with Crippen LogP contribution in [0.1, 0.15) is 40.9 Å². The number of methoxy groups -OCH3 is 1. The van der Waals surface area contributed by atoms with Gasteiger partial charge < -0.3 is 24.5 Å². The van der Waals surface area contributed by atoms with E-state index in [4.69, 9.17) is 9.15 Å². The number of aromatic nitrogens is 1. The first-order chi connectivity index (χ1) is 16.5. The number of hydrogen-bond donors (Lipinski definition) is 2. The predicted octanol–water partition coefficient (Wildman–Crippen LogP) is 3.20. The second-order valence-corrected chi connectivity index (χ2v) is 8.38. The standard InChI is InChI=1S/C26H29N3O5/c1-33-22-9-4-18(5-10-22)6-11-24(31)27-16-19-2-7-20(8-3-19)25-28-23(17-34-25)26(32)29-14-12-21(30)13-15-29/h2-5,7-10,17,21,30H,6,11-16H2,1H3,(H,27,31). The van der Waals surface area contributed by atoms with Gasteiger partial charge in [0.15, 0.2) is 5.69 Å². The van der Waals surface area contributed by atoms with Gasteiger partial charge in [-0.15, -0.1) is 0 Å². The third kappa shape index (κ3) is 6.02. The van der Waals surface area contributed by atoms with Gasteiger partial charge in [-0.1, -0.05) is 24.3 Å². The van der Waals surface area contributed by atoms with Crippen molar-refractivity contribution in [2.24, 2.45) is 0 Å². The van der Waals surface area contributed by atoms with Gasteiger partial charge in [-0.3, -0.25) is 9.59 Å². The zero-order valence-electron chi connectivity index (χ0n) is 19.2. The zero-order valence-corrected chi connectivity index (χ0v) is 19.2. The van der Waals surface area contributed by atoms with Crippen LogP contribution in [0.2, 0.25) is 0 Å². The maximum absolute atomic E-state index is 12.6. The van der Waals surface area contributed by atoms with Crippen LogP contribution < -0.4 is 10.1 Å². The fourth-order valence-corrected chi connectivity index (χ4v) is 3.84. The molecule has 0 bridgehead atoms. The third-order valence-corrected chi connectivity index (χ3v) is 5.97. The van der Waals surface area contributed by atoms with Crippen LogP contribution in [0, 0.1) is 0 Å². The largest absolute Gasteiger partial charge is 0.497 e. The molecular weight excluding hydrogens is 434 g/mol. The first kappa shape index (κ1) is 23.5. The van der Waals surface area contributed by atoms with Crippen LogP contribution in [0.5, 0.6) is 5.75 Å². The summed E-state index contributed by atoms with van der Waals surface area (Å²) in [6, 6.07) is 15.2. The maximum atomic E-state index is 12.6. The van der Waals surface area contributed by atoms with Gasteiger partial charge in [0, 0.05) is 31.6 Å². The molecule has 0 aliphatic carbocycles. The molecule has 1 aliphatic heterocycles. The van der Waals surface area contributed by atoms with Crippen LogP contribution in [0.4, 0.5) is 0 Å². The van der Waals surface area contributed by atoms with Crippen molar-refractivity contribution in [2.75, 3.05) is 20.2 Å². The van der Waals surface area contributed by atoms with E-state index in [1.165, 1.54) is 6.26 Å². The SMILES string of the molecule is COc1ccc(CCC(=O)NCc2ccc(-c3nc(C(=O)N4CCC(O)CC4)co3)cc2)cc1. The molecule has 1 fully saturated rings. The number of benzene rings is 2. The summed E-state index contributed by atoms with van der Waals surface area (Å²) >= 11 is 0. The van der Waals surface area contributed by atoms with Gasteiger partial charge in [-0.25, -0.2) is 4.98 Å². The highest BCUT2D eigenvalue weighted by molar-refractivity contribution is 5.92. The summed E-state index contributed by atoms with van der Waals surface area (Å²) in [5.41, 5.74) is 3.06. The molecule has 178 valence electrons. The lowest BCUT2D eigenvalue weighted by Gasteiger charge is -2.28. The van der Waals surface area contributed by atoms with Crippen molar-refractivity contribution in [1.82, 2.24) is 15.2 Å². The summed E-state index contributed by atoms with van der Waals surface area (Å²) in [6.45, 7) is 1.46. The number of hydrogen-bond acceptors (Lipinski definition) is 6. The van der Waals surface area contributed by atoms with Crippen molar-refractivity contribution in [2.45, 2.75) is 38.3 Å². The summed E-state index contributed by atoms with van der Waals surface area (Å²) in [6.07, 6.45) is 3.27. The molecule has 8 heteroatoms. The molecule has 0 saturated carbocycles. The van der Waals surface area contributed by atoms with Gasteiger partial charge in [-0.2, -0.15) is 0 Å². The Morgan fingerprint density at radius 3 is 2.44 bits per heavy atom. The minimum atomic E-state index is -0.339. The molecule has 2 aromatic carbocycles. The van der Waals surface area contributed by atoms with E-state index in [0.29, 0.717) is 51.2 Å². The number of aliphatic hydroxyl groups is 1. The Labute approximate surface area is 198 Å². The Morgan fingerprint density at radius 1 is 1.09 bits per heavy atom. The molecule has 34 heavy (non-hydrogen) atoms. The van der Waals surface area contributed by atoms with E-state index >= 15 is 0 Å². The van der Waals surface area contributed by atoms with Crippen LogP contribution in [0.3, 0.4) is 0 Å². The predicted molar refractivity (Wildman–Crippen MR) is 126 cm³/mol. The molecule has 4 rings (SSSR count). The molecule has 2 amide bonds. The van der Waals surface area contributed by atoms with E-state index in [0.717, 1.165) is 22.4 Å². The zero-order chi connectivity index (χ0) is 23.9. The summed E-state index contributed by atoms with van der Waals surface area (Å²) < 4.78 is 10.7. The Bertz CT molecular complexity index is 1100. The van der Waals surface area contributed by atoms with Gasteiger partial charge in [0.1, 0.15) is 12.0 Å². The Hall–Kier alpha value is -3.65. The fraction of sp³-hybridized carbons (Fsp3) is 0.346. The molecule has 2 heterocycles. The highest BCUT2D eigenvalue weighted by atomic mass is 16.5. The smallest absolute Gasteiger partial charge is 0.275 e. The van der Waals surface area contributed by atoms with Crippen molar-refractivity contribution in [3.63, 3.8) is 0 Å². The monoisotopic (exact) mass is 463 g/mol. The average Bonchev–Trinajstić information content (AvgIpc) is 3.37. The molecule has 0 spiro atoms. The molecule has 0 unspecified atom stereocenters. The van der Waals surface area contributed by atoms with Crippen LogP contribution in [-0.4, -0.2) is 53.1 Å². The van der Waals surface area contributed by atoms with Crippen molar-refractivity contribution >= 4 is 11.8 Å². The van der Waals surface area contributed by atoms with Crippen molar-refractivity contribution in [1.29, 1.82) is 0 Å². The molecule has 8 nitrogen and oxygen atoms in total. The van der Waals surface area contributed by atoms with Crippen LogP contribution in [0.15, 0.2) is 59.2 Å². The number of rotatable bonds is 8. The number of likely N-dealkylation sites (tertiary alicyclic amines) is 1. The fourth-order valence-electron chi connectivity index (χ4n) is 3.84. The topological polar surface area (TPSA) is 105 Å². The molecule has 0 radical (unpaired) electrons. The number of nitrogens with zero attached hydrogens (tertiary/aromatic N) is 2. The van der Waals surface area contributed by atoms with E-state index in [2.05, 4.69) is 10.3 Å². The molecule has 1 aliphatic rings. The lowest BCUT2D eigenvalue weighted by molar-refractivity contribution is -0.121. The number of oxazole rings is 1. The average molecular weight is 464 g/mol. The van der Waals surface area contributed by atoms with E-state index < -0.39 is 0 Å². The number of nitrogens with one attached hydrogen (secondary N) is 1. The lowest BCUT2D eigenvalue weighted by atomic mass is 10.1. The number of amides is 2. The molecule has 2 N–H and O–H groups in total. The first-order valence-corrected chi connectivity index (χ1v) is 11.4. The van der Waals surface area contributed by atoms with Crippen LogP contribution in [0.25, 0.3) is 11.5 Å². The summed E-state index contributed by atoms with van der Waals surface area (Å²) in [7, 11) is 1.63. The number of aryl methyl sites for hydroxylation is 1. The molecule has 1 saturated heterocycles. The maximum Gasteiger partial charge on any atom is 0.275 e. The Morgan fingerprint density at radius 2 is 1.76 bits per heavy atom. The number of carbonyl (C=O) groups is 2. The normalized spacial score (nSPS) is 14.1. The number of ether oxygens (including phenoxy) is 1. The lowest BCUT2D eigenvalue weighted by Crippen LogP contribution is -2.40. The van der Waals surface area contributed by atoms with Crippen molar-refractivity contribution in [3.8, 4) is 17.2 Å². The number of piperidine rings is 1. The molecule has 0 atom stereocenters. The first-order valence-electron chi connectivity index (χ1n) is 11.4. The van der Waals surface area contributed by atoms with Crippen molar-refractivity contribution in [3.05, 3.63) is 71.6 Å². The van der Waals surface area contributed by atoms with Gasteiger partial charge in [0.2, 0.25) is 11.8 Å². The van der Waals surface area contributed by atoms with E-state index in [9.17, 15) is 14.7 Å². The van der Waals surface area contributed by atoms with Gasteiger partial charge in [-0.05, 0) is 54.7 Å². The highest BCUT2D eigenvalue weighted by Gasteiger charge is 2.24. The number of aliphatic hydroxyl groups excluding tert-OH is 1. The van der Waals surface area contributed by atoms with E-state index in [1.54, 1.807) is 12.0 Å². The van der Waals surface area contributed by atoms with Crippen molar-refractivity contribution < 1.29 is 23.8 Å².